The van der Waals surface area contributed by atoms with Crippen LogP contribution in [0.5, 0.6) is 0 Å². The number of hydrogen-bond acceptors (Lipinski definition) is 5. The van der Waals surface area contributed by atoms with Gasteiger partial charge in [-0.15, -0.1) is 0 Å². The number of nitrogens with zero attached hydrogens (tertiary/aromatic N) is 1. The van der Waals surface area contributed by atoms with Gasteiger partial charge in [0.25, 0.3) is 0 Å². The van der Waals surface area contributed by atoms with E-state index < -0.39 is 15.8 Å². The van der Waals surface area contributed by atoms with Crippen molar-refractivity contribution in [2.75, 3.05) is 11.1 Å². The molecule has 2 heterocycles. The van der Waals surface area contributed by atoms with Gasteiger partial charge in [0.05, 0.1) is 23.7 Å². The van der Waals surface area contributed by atoms with Gasteiger partial charge in [0.2, 0.25) is 0 Å². The molecular formula is C10H10N2O4S. The van der Waals surface area contributed by atoms with Gasteiger partial charge < -0.3 is 10.4 Å². The maximum Gasteiger partial charge on any atom is 0.354 e. The minimum absolute atomic E-state index is 0.00762. The highest BCUT2D eigenvalue weighted by atomic mass is 32.2. The van der Waals surface area contributed by atoms with Gasteiger partial charge in [-0.05, 0) is 12.1 Å². The quantitative estimate of drug-likeness (QED) is 0.815. The second-order valence-electron chi connectivity index (χ2n) is 3.65. The van der Waals surface area contributed by atoms with E-state index in [4.69, 9.17) is 5.11 Å². The molecule has 1 aromatic heterocycles. The fraction of sp³-hybridized carbons (Fsp3) is 0.200. The van der Waals surface area contributed by atoms with Gasteiger partial charge >= 0.3 is 5.97 Å². The summed E-state index contributed by atoms with van der Waals surface area (Å²) in [5.41, 5.74) is 0.534. The molecule has 1 aromatic rings. The fourth-order valence-electron chi connectivity index (χ4n) is 1.49. The van der Waals surface area contributed by atoms with Crippen LogP contribution in [-0.4, -0.2) is 36.3 Å². The summed E-state index contributed by atoms with van der Waals surface area (Å²) in [7, 11) is -3.09. The van der Waals surface area contributed by atoms with Gasteiger partial charge in [0, 0.05) is 5.41 Å². The van der Waals surface area contributed by atoms with E-state index in [1.54, 1.807) is 12.1 Å². The summed E-state index contributed by atoms with van der Waals surface area (Å²) in [6.07, 6.45) is 2.92. The minimum Gasteiger partial charge on any atom is -0.477 e. The highest BCUT2D eigenvalue weighted by Crippen LogP contribution is 2.14. The zero-order chi connectivity index (χ0) is 12.5. The summed E-state index contributed by atoms with van der Waals surface area (Å²) in [6.45, 7) is 0. The number of nitrogens with one attached hydrogen (secondary N) is 1. The molecule has 1 unspecified atom stereocenters. The summed E-state index contributed by atoms with van der Waals surface area (Å²) in [6, 6.07) is 2.62. The Bertz CT molecular complexity index is 562. The van der Waals surface area contributed by atoms with E-state index in [0.717, 1.165) is 0 Å². The third-order valence-electron chi connectivity index (χ3n) is 2.26. The van der Waals surface area contributed by atoms with Crippen molar-refractivity contribution in [1.82, 2.24) is 4.98 Å². The van der Waals surface area contributed by atoms with E-state index >= 15 is 0 Å². The molecule has 1 atom stereocenters. The van der Waals surface area contributed by atoms with Crippen LogP contribution >= 0.6 is 0 Å². The smallest absolute Gasteiger partial charge is 0.354 e. The van der Waals surface area contributed by atoms with Gasteiger partial charge in [-0.25, -0.2) is 18.2 Å². The molecule has 0 radical (unpaired) electrons. The number of anilines is 1. The van der Waals surface area contributed by atoms with Crippen LogP contribution in [0.25, 0.3) is 0 Å². The Balaban J connectivity index is 2.06. The summed E-state index contributed by atoms with van der Waals surface area (Å²) in [5, 5.41) is 12.8. The summed E-state index contributed by atoms with van der Waals surface area (Å²) >= 11 is 0. The summed E-state index contributed by atoms with van der Waals surface area (Å²) in [4.78, 5) is 14.3. The molecule has 1 aliphatic heterocycles. The molecular weight excluding hydrogens is 244 g/mol. The SMILES string of the molecule is O=C(O)c1ccc(NC2C=CS(=O)(=O)C2)cn1. The third kappa shape index (κ3) is 2.82. The van der Waals surface area contributed by atoms with Crippen molar-refractivity contribution in [3.05, 3.63) is 35.5 Å². The van der Waals surface area contributed by atoms with Crippen molar-refractivity contribution >= 4 is 21.5 Å². The zero-order valence-corrected chi connectivity index (χ0v) is 9.52. The summed E-state index contributed by atoms with van der Waals surface area (Å²) in [5.74, 6) is -1.09. The highest BCUT2D eigenvalue weighted by molar-refractivity contribution is 7.94. The lowest BCUT2D eigenvalue weighted by Gasteiger charge is -2.10. The first-order chi connectivity index (χ1) is 7.96. The van der Waals surface area contributed by atoms with Gasteiger partial charge in [-0.2, -0.15) is 0 Å². The Hall–Kier alpha value is -1.89. The Morgan fingerprint density at radius 3 is 2.71 bits per heavy atom. The lowest BCUT2D eigenvalue weighted by atomic mass is 10.3. The average Bonchev–Trinajstić information content (AvgIpc) is 2.59. The van der Waals surface area contributed by atoms with E-state index in [1.807, 2.05) is 0 Å². The van der Waals surface area contributed by atoms with Crippen molar-refractivity contribution in [3.8, 4) is 0 Å². The van der Waals surface area contributed by atoms with Crippen LogP contribution in [0.3, 0.4) is 0 Å². The van der Waals surface area contributed by atoms with Gasteiger partial charge in [-0.1, -0.05) is 6.08 Å². The van der Waals surface area contributed by atoms with Crippen molar-refractivity contribution in [2.45, 2.75) is 6.04 Å². The predicted molar refractivity (Wildman–Crippen MR) is 61.5 cm³/mol. The van der Waals surface area contributed by atoms with E-state index in [-0.39, 0.29) is 17.5 Å². The number of hydrogen-bond donors (Lipinski definition) is 2. The molecule has 0 saturated carbocycles. The highest BCUT2D eigenvalue weighted by Gasteiger charge is 2.21. The number of carboxylic acids is 1. The Morgan fingerprint density at radius 2 is 2.24 bits per heavy atom. The maximum absolute atomic E-state index is 11.2. The van der Waals surface area contributed by atoms with Crippen LogP contribution in [0.4, 0.5) is 5.69 Å². The topological polar surface area (TPSA) is 96.4 Å². The van der Waals surface area contributed by atoms with Gasteiger partial charge in [0.1, 0.15) is 5.69 Å². The lowest BCUT2D eigenvalue weighted by Crippen LogP contribution is -2.21. The van der Waals surface area contributed by atoms with Crippen molar-refractivity contribution in [1.29, 1.82) is 0 Å². The summed E-state index contributed by atoms with van der Waals surface area (Å²) < 4.78 is 22.3. The number of carboxylic acid groups (broad SMARTS) is 1. The van der Waals surface area contributed by atoms with Crippen LogP contribution in [0.15, 0.2) is 29.8 Å². The first kappa shape index (κ1) is 11.6. The molecule has 7 heteroatoms. The number of sulfone groups is 1. The maximum atomic E-state index is 11.2. The van der Waals surface area contributed by atoms with Crippen molar-refractivity contribution in [2.24, 2.45) is 0 Å². The van der Waals surface area contributed by atoms with E-state index in [1.165, 1.54) is 17.7 Å². The number of pyridine rings is 1. The third-order valence-corrected chi connectivity index (χ3v) is 3.66. The molecule has 0 amide bonds. The molecule has 6 nitrogen and oxygen atoms in total. The minimum atomic E-state index is -3.09. The second-order valence-corrected chi connectivity index (χ2v) is 5.58. The Labute approximate surface area is 97.9 Å². The molecule has 2 rings (SSSR count). The van der Waals surface area contributed by atoms with Crippen LogP contribution in [0.2, 0.25) is 0 Å². The van der Waals surface area contributed by atoms with Crippen LogP contribution in [0, 0.1) is 0 Å². The molecule has 0 fully saturated rings. The Kier molecular flexibility index (Phi) is 2.84. The van der Waals surface area contributed by atoms with E-state index in [9.17, 15) is 13.2 Å². The predicted octanol–water partition coefficient (Wildman–Crippen LogP) is 0.502. The standard InChI is InChI=1S/C10H10N2O4S/c13-10(14)9-2-1-7(5-11-9)12-8-3-4-17(15,16)6-8/h1-5,8,12H,6H2,(H,13,14). The fourth-order valence-corrected chi connectivity index (χ4v) is 2.72. The molecule has 2 N–H and O–H groups in total. The van der Waals surface area contributed by atoms with E-state index in [0.29, 0.717) is 5.69 Å². The number of aromatic nitrogens is 1. The largest absolute Gasteiger partial charge is 0.477 e. The van der Waals surface area contributed by atoms with Gasteiger partial charge in [-0.3, -0.25) is 0 Å². The Morgan fingerprint density at radius 1 is 1.47 bits per heavy atom. The van der Waals surface area contributed by atoms with Crippen LogP contribution in [0.1, 0.15) is 10.5 Å². The van der Waals surface area contributed by atoms with Crippen molar-refractivity contribution in [3.63, 3.8) is 0 Å². The molecule has 0 saturated heterocycles. The molecule has 1 aliphatic rings. The number of aromatic carboxylic acids is 1. The second kappa shape index (κ2) is 4.17. The average molecular weight is 254 g/mol. The normalized spacial score (nSPS) is 21.3. The first-order valence-corrected chi connectivity index (χ1v) is 6.55. The molecule has 0 spiro atoms. The van der Waals surface area contributed by atoms with Crippen LogP contribution in [-0.2, 0) is 9.84 Å². The first-order valence-electron chi connectivity index (χ1n) is 4.83. The van der Waals surface area contributed by atoms with Crippen LogP contribution < -0.4 is 5.32 Å². The molecule has 0 aromatic carbocycles. The molecule has 90 valence electrons. The zero-order valence-electron chi connectivity index (χ0n) is 8.70. The number of carbonyl (C=O) groups is 1. The monoisotopic (exact) mass is 254 g/mol. The van der Waals surface area contributed by atoms with E-state index in [2.05, 4.69) is 10.3 Å². The van der Waals surface area contributed by atoms with Gasteiger partial charge in [0.15, 0.2) is 9.84 Å². The number of rotatable bonds is 3. The lowest BCUT2D eigenvalue weighted by molar-refractivity contribution is 0.0690. The molecule has 0 bridgehead atoms. The van der Waals surface area contributed by atoms with Crippen molar-refractivity contribution < 1.29 is 18.3 Å². The molecule has 0 aliphatic carbocycles. The molecule has 17 heavy (non-hydrogen) atoms.